The fourth-order valence-corrected chi connectivity index (χ4v) is 2.78. The molecule has 1 aromatic heterocycles. The molecule has 0 saturated heterocycles. The highest BCUT2D eigenvalue weighted by atomic mass is 16.5. The van der Waals surface area contributed by atoms with E-state index in [9.17, 15) is 4.79 Å². The van der Waals surface area contributed by atoms with E-state index in [-0.39, 0.29) is 0 Å². The maximum Gasteiger partial charge on any atom is 0.328 e. The number of benzene rings is 2. The minimum absolute atomic E-state index is 0.528. The van der Waals surface area contributed by atoms with Crippen LogP contribution in [0.3, 0.4) is 0 Å². The SMILES string of the molecule is O=C(O)/C=C/c1ccc(Cn2ccnc2)cc1OCCCCOc1ccccc1. The van der Waals surface area contributed by atoms with Crippen molar-refractivity contribution < 1.29 is 19.4 Å². The summed E-state index contributed by atoms with van der Waals surface area (Å²) in [6.45, 7) is 1.82. The van der Waals surface area contributed by atoms with Gasteiger partial charge in [0.1, 0.15) is 11.5 Å². The Bertz CT molecular complexity index is 921. The lowest BCUT2D eigenvalue weighted by Gasteiger charge is -2.12. The van der Waals surface area contributed by atoms with E-state index >= 15 is 0 Å². The third-order valence-corrected chi connectivity index (χ3v) is 4.22. The van der Waals surface area contributed by atoms with E-state index in [4.69, 9.17) is 14.6 Å². The molecule has 0 spiro atoms. The predicted octanol–water partition coefficient (Wildman–Crippen LogP) is 4.27. The minimum Gasteiger partial charge on any atom is -0.494 e. The molecule has 150 valence electrons. The first-order valence-electron chi connectivity index (χ1n) is 9.51. The lowest BCUT2D eigenvalue weighted by atomic mass is 10.1. The summed E-state index contributed by atoms with van der Waals surface area (Å²) < 4.78 is 13.6. The van der Waals surface area contributed by atoms with Gasteiger partial charge in [0, 0.05) is 30.6 Å². The number of carboxylic acids is 1. The minimum atomic E-state index is -0.989. The third-order valence-electron chi connectivity index (χ3n) is 4.22. The summed E-state index contributed by atoms with van der Waals surface area (Å²) in [6.07, 6.45) is 9.75. The Kier molecular flexibility index (Phi) is 7.46. The molecular formula is C23H24N2O4. The predicted molar refractivity (Wildman–Crippen MR) is 111 cm³/mol. The molecule has 3 aromatic rings. The molecule has 0 aliphatic rings. The van der Waals surface area contributed by atoms with Gasteiger partial charge in [0.25, 0.3) is 0 Å². The van der Waals surface area contributed by atoms with Gasteiger partial charge in [-0.25, -0.2) is 9.78 Å². The second kappa shape index (κ2) is 10.7. The van der Waals surface area contributed by atoms with Crippen LogP contribution in [0.2, 0.25) is 0 Å². The first-order valence-corrected chi connectivity index (χ1v) is 9.51. The van der Waals surface area contributed by atoms with Crippen molar-refractivity contribution in [1.82, 2.24) is 9.55 Å². The molecule has 0 bridgehead atoms. The summed E-state index contributed by atoms with van der Waals surface area (Å²) in [5, 5.41) is 8.91. The van der Waals surface area contributed by atoms with Crippen LogP contribution < -0.4 is 9.47 Å². The number of hydrogen-bond acceptors (Lipinski definition) is 4. The number of para-hydroxylation sites is 1. The molecule has 0 aliphatic carbocycles. The van der Waals surface area contributed by atoms with Crippen molar-refractivity contribution in [2.45, 2.75) is 19.4 Å². The van der Waals surface area contributed by atoms with E-state index in [0.29, 0.717) is 25.5 Å². The van der Waals surface area contributed by atoms with Crippen molar-refractivity contribution in [3.63, 3.8) is 0 Å². The van der Waals surface area contributed by atoms with E-state index in [1.165, 1.54) is 0 Å². The van der Waals surface area contributed by atoms with Crippen LogP contribution in [0.15, 0.2) is 73.3 Å². The summed E-state index contributed by atoms with van der Waals surface area (Å²) in [5.41, 5.74) is 1.79. The molecule has 6 nitrogen and oxygen atoms in total. The summed E-state index contributed by atoms with van der Waals surface area (Å²) in [4.78, 5) is 14.9. The average Bonchev–Trinajstić information content (AvgIpc) is 3.23. The van der Waals surface area contributed by atoms with Crippen LogP contribution in [-0.4, -0.2) is 33.8 Å². The zero-order chi connectivity index (χ0) is 20.3. The largest absolute Gasteiger partial charge is 0.494 e. The van der Waals surface area contributed by atoms with E-state index in [1.54, 1.807) is 18.6 Å². The van der Waals surface area contributed by atoms with Crippen molar-refractivity contribution in [2.24, 2.45) is 0 Å². The molecule has 0 atom stereocenters. The van der Waals surface area contributed by atoms with Gasteiger partial charge in [-0.15, -0.1) is 0 Å². The number of carbonyl (C=O) groups is 1. The molecule has 0 saturated carbocycles. The average molecular weight is 392 g/mol. The smallest absolute Gasteiger partial charge is 0.328 e. The lowest BCUT2D eigenvalue weighted by Crippen LogP contribution is -2.04. The molecule has 1 N–H and O–H groups in total. The standard InChI is InChI=1S/C23H24N2O4/c26-23(27)11-10-20-9-8-19(17-25-13-12-24-18-25)16-22(20)29-15-5-4-14-28-21-6-2-1-3-7-21/h1-3,6-13,16,18H,4-5,14-15,17H2,(H,26,27)/b11-10+. The Hall–Kier alpha value is -3.54. The summed E-state index contributed by atoms with van der Waals surface area (Å²) in [7, 11) is 0. The highest BCUT2D eigenvalue weighted by Gasteiger charge is 2.05. The number of ether oxygens (including phenoxy) is 2. The van der Waals surface area contributed by atoms with Crippen molar-refractivity contribution in [2.75, 3.05) is 13.2 Å². The number of unbranched alkanes of at least 4 members (excludes halogenated alkanes) is 1. The van der Waals surface area contributed by atoms with Crippen LogP contribution in [0.5, 0.6) is 11.5 Å². The summed E-state index contributed by atoms with van der Waals surface area (Å²) in [6, 6.07) is 15.5. The molecule has 2 aromatic carbocycles. The molecule has 29 heavy (non-hydrogen) atoms. The fourth-order valence-electron chi connectivity index (χ4n) is 2.78. The van der Waals surface area contributed by atoms with Crippen LogP contribution in [0.25, 0.3) is 6.08 Å². The third kappa shape index (κ3) is 6.84. The first-order chi connectivity index (χ1) is 14.2. The van der Waals surface area contributed by atoms with E-state index < -0.39 is 5.97 Å². The van der Waals surface area contributed by atoms with Crippen LogP contribution in [0.4, 0.5) is 0 Å². The number of rotatable bonds is 11. The Morgan fingerprint density at radius 2 is 1.86 bits per heavy atom. The lowest BCUT2D eigenvalue weighted by molar-refractivity contribution is -0.131. The molecule has 3 rings (SSSR count). The number of nitrogens with zero attached hydrogens (tertiary/aromatic N) is 2. The Morgan fingerprint density at radius 3 is 2.59 bits per heavy atom. The van der Waals surface area contributed by atoms with Crippen molar-refractivity contribution >= 4 is 12.0 Å². The van der Waals surface area contributed by atoms with Gasteiger partial charge in [-0.2, -0.15) is 0 Å². The van der Waals surface area contributed by atoms with Gasteiger partial charge in [-0.3, -0.25) is 0 Å². The molecule has 0 aliphatic heterocycles. The second-order valence-corrected chi connectivity index (χ2v) is 6.50. The highest BCUT2D eigenvalue weighted by molar-refractivity contribution is 5.85. The summed E-state index contributed by atoms with van der Waals surface area (Å²) >= 11 is 0. The maximum absolute atomic E-state index is 10.9. The molecule has 1 heterocycles. The normalized spacial score (nSPS) is 10.9. The molecular weight excluding hydrogens is 368 g/mol. The van der Waals surface area contributed by atoms with Crippen LogP contribution in [-0.2, 0) is 11.3 Å². The second-order valence-electron chi connectivity index (χ2n) is 6.50. The number of aromatic nitrogens is 2. The van der Waals surface area contributed by atoms with Crippen LogP contribution in [0.1, 0.15) is 24.0 Å². The van der Waals surface area contributed by atoms with Crippen molar-refractivity contribution in [1.29, 1.82) is 0 Å². The summed E-state index contributed by atoms with van der Waals surface area (Å²) in [5.74, 6) is 0.544. The van der Waals surface area contributed by atoms with E-state index in [2.05, 4.69) is 4.98 Å². The van der Waals surface area contributed by atoms with Crippen molar-refractivity contribution in [3.05, 3.63) is 84.5 Å². The molecule has 0 radical (unpaired) electrons. The maximum atomic E-state index is 10.9. The van der Waals surface area contributed by atoms with Gasteiger partial charge in [-0.05, 0) is 42.7 Å². The van der Waals surface area contributed by atoms with Gasteiger partial charge < -0.3 is 19.1 Å². The molecule has 0 unspecified atom stereocenters. The van der Waals surface area contributed by atoms with Gasteiger partial charge in [0.2, 0.25) is 0 Å². The van der Waals surface area contributed by atoms with Gasteiger partial charge in [0.05, 0.1) is 19.5 Å². The van der Waals surface area contributed by atoms with Crippen LogP contribution in [0, 0.1) is 0 Å². The zero-order valence-corrected chi connectivity index (χ0v) is 16.1. The highest BCUT2D eigenvalue weighted by Crippen LogP contribution is 2.23. The quantitative estimate of drug-likeness (QED) is 0.390. The Labute approximate surface area is 170 Å². The number of imidazole rings is 1. The van der Waals surface area contributed by atoms with Gasteiger partial charge in [0.15, 0.2) is 0 Å². The Morgan fingerprint density at radius 1 is 1.07 bits per heavy atom. The van der Waals surface area contributed by atoms with E-state index in [0.717, 1.165) is 35.8 Å². The van der Waals surface area contributed by atoms with Gasteiger partial charge in [-0.1, -0.05) is 30.3 Å². The molecule has 0 amide bonds. The number of aliphatic carboxylic acids is 1. The number of hydrogen-bond donors (Lipinski definition) is 1. The van der Waals surface area contributed by atoms with Crippen LogP contribution >= 0.6 is 0 Å². The first kappa shape index (κ1) is 20.2. The number of carboxylic acid groups (broad SMARTS) is 1. The molecule has 0 fully saturated rings. The Balaban J connectivity index is 1.55. The monoisotopic (exact) mass is 392 g/mol. The van der Waals surface area contributed by atoms with E-state index in [1.807, 2.05) is 59.3 Å². The van der Waals surface area contributed by atoms with Gasteiger partial charge >= 0.3 is 5.97 Å². The topological polar surface area (TPSA) is 73.6 Å². The molecule has 6 heteroatoms. The zero-order valence-electron chi connectivity index (χ0n) is 16.1. The van der Waals surface area contributed by atoms with Crippen molar-refractivity contribution in [3.8, 4) is 11.5 Å². The fraction of sp³-hybridized carbons (Fsp3) is 0.217.